The van der Waals surface area contributed by atoms with Gasteiger partial charge in [0.05, 0.1) is 26.4 Å². The van der Waals surface area contributed by atoms with Crippen molar-refractivity contribution in [3.63, 3.8) is 0 Å². The number of aliphatic hydroxyl groups is 2. The van der Waals surface area contributed by atoms with Crippen LogP contribution < -0.4 is 0 Å². The average molecular weight is 1240 g/mol. The molecule has 5 unspecified atom stereocenters. The van der Waals surface area contributed by atoms with Crippen molar-refractivity contribution < 1.29 is 75.8 Å². The minimum atomic E-state index is -4.91. The van der Waals surface area contributed by atoms with E-state index in [1.807, 2.05) is 0 Å². The van der Waals surface area contributed by atoms with E-state index < -0.39 is 91.5 Å². The minimum absolute atomic E-state index is 0.0967. The van der Waals surface area contributed by atoms with Crippen molar-refractivity contribution in [2.45, 2.75) is 283 Å². The number of phosphoric ester groups is 2. The number of hydrogen-bond acceptors (Lipinski definition) is 14. The Morgan fingerprint density at radius 2 is 0.635 bits per heavy atom. The van der Waals surface area contributed by atoms with Crippen molar-refractivity contribution in [1.82, 2.24) is 0 Å². The number of unbranched alkanes of at least 4 members (excludes halogenated alkanes) is 25. The van der Waals surface area contributed by atoms with Crippen LogP contribution in [0.5, 0.6) is 0 Å². The number of aliphatic hydroxyl groups excluding tert-OH is 2. The molecule has 492 valence electrons. The van der Waals surface area contributed by atoms with E-state index in [2.05, 4.69) is 106 Å². The molecule has 0 spiro atoms. The van der Waals surface area contributed by atoms with Gasteiger partial charge in [0, 0.05) is 19.3 Å². The Hall–Kier alpha value is -3.27. The number of allylic oxidation sites excluding steroid dienone is 14. The minimum Gasteiger partial charge on any atom is -0.463 e. The predicted octanol–water partition coefficient (Wildman–Crippen LogP) is 17.8. The van der Waals surface area contributed by atoms with E-state index in [1.54, 1.807) is 0 Å². The number of rotatable bonds is 62. The molecule has 0 rings (SSSR count). The molecule has 0 aromatic rings. The molecule has 0 fully saturated rings. The van der Waals surface area contributed by atoms with Crippen LogP contribution in [0.3, 0.4) is 0 Å². The molecule has 0 heterocycles. The summed E-state index contributed by atoms with van der Waals surface area (Å²) in [5, 5.41) is 20.5. The van der Waals surface area contributed by atoms with E-state index in [-0.39, 0.29) is 19.3 Å². The Bertz CT molecular complexity index is 1900. The number of esters is 3. The maximum absolute atomic E-state index is 12.8. The van der Waals surface area contributed by atoms with Crippen LogP contribution in [0.15, 0.2) is 85.1 Å². The van der Waals surface area contributed by atoms with Gasteiger partial charge in [0.2, 0.25) is 0 Å². The van der Waals surface area contributed by atoms with Gasteiger partial charge in [-0.3, -0.25) is 32.5 Å². The summed E-state index contributed by atoms with van der Waals surface area (Å²) in [7, 11) is -9.76. The molecule has 0 aromatic heterocycles. The molecule has 18 heteroatoms. The molecule has 0 bridgehead atoms. The summed E-state index contributed by atoms with van der Waals surface area (Å²) in [6.07, 6.45) is 63.7. The van der Waals surface area contributed by atoms with Gasteiger partial charge in [-0.15, -0.1) is 0 Å². The molecule has 5 atom stereocenters. The summed E-state index contributed by atoms with van der Waals surface area (Å²) in [6, 6.07) is 0. The average Bonchev–Trinajstić information content (AvgIpc) is 3.60. The SMILES string of the molecule is CC/C=C\C/C=C\C/C=C\C/C=C\C/C=C\C/C=C\CCCCCCCCC(=O)OCC(O)COP(=O)(O)OCC(O)COP(=O)(O)OCC(COC(=O)CCCCCCCCCCCCCCC)OC(=O)CCCCCCC/C=C\CCCC. The first-order chi connectivity index (χ1) is 41.2. The molecular formula is C67H118O16P2. The van der Waals surface area contributed by atoms with E-state index in [9.17, 15) is 43.5 Å². The zero-order valence-electron chi connectivity index (χ0n) is 53.0. The van der Waals surface area contributed by atoms with E-state index in [4.69, 9.17) is 32.3 Å². The van der Waals surface area contributed by atoms with Gasteiger partial charge in [-0.1, -0.05) is 241 Å². The molecule has 0 aliphatic rings. The van der Waals surface area contributed by atoms with Crippen LogP contribution in [-0.4, -0.2) is 95.9 Å². The quantitative estimate of drug-likeness (QED) is 0.0146. The Kier molecular flexibility index (Phi) is 58.6. The molecule has 0 amide bonds. The molecule has 0 saturated carbocycles. The van der Waals surface area contributed by atoms with Gasteiger partial charge in [-0.05, 0) is 89.9 Å². The summed E-state index contributed by atoms with van der Waals surface area (Å²) in [5.41, 5.74) is 0. The van der Waals surface area contributed by atoms with Crippen molar-refractivity contribution in [2.24, 2.45) is 0 Å². The van der Waals surface area contributed by atoms with Gasteiger partial charge >= 0.3 is 33.6 Å². The fraction of sp³-hybridized carbons (Fsp3) is 0.746. The van der Waals surface area contributed by atoms with Gasteiger partial charge < -0.3 is 34.2 Å². The number of carbonyl (C=O) groups excluding carboxylic acids is 3. The molecule has 16 nitrogen and oxygen atoms in total. The summed E-state index contributed by atoms with van der Waals surface area (Å²) in [5.74, 6) is -1.59. The van der Waals surface area contributed by atoms with Crippen molar-refractivity contribution in [3.05, 3.63) is 85.1 Å². The first-order valence-corrected chi connectivity index (χ1v) is 35.9. The maximum Gasteiger partial charge on any atom is 0.472 e. The van der Waals surface area contributed by atoms with Gasteiger partial charge in [-0.2, -0.15) is 0 Å². The smallest absolute Gasteiger partial charge is 0.463 e. The van der Waals surface area contributed by atoms with Crippen molar-refractivity contribution in [1.29, 1.82) is 0 Å². The third-order valence-electron chi connectivity index (χ3n) is 13.6. The molecule has 0 aliphatic heterocycles. The number of carbonyl (C=O) groups is 3. The Labute approximate surface area is 515 Å². The molecule has 4 N–H and O–H groups in total. The van der Waals surface area contributed by atoms with Gasteiger partial charge in [0.25, 0.3) is 0 Å². The lowest BCUT2D eigenvalue weighted by atomic mass is 10.0. The highest BCUT2D eigenvalue weighted by Crippen LogP contribution is 2.45. The van der Waals surface area contributed by atoms with Crippen LogP contribution in [0.4, 0.5) is 0 Å². The van der Waals surface area contributed by atoms with E-state index in [0.717, 1.165) is 135 Å². The van der Waals surface area contributed by atoms with Crippen LogP contribution in [-0.2, 0) is 55.8 Å². The highest BCUT2D eigenvalue weighted by atomic mass is 31.2. The largest absolute Gasteiger partial charge is 0.472 e. The second-order valence-electron chi connectivity index (χ2n) is 21.9. The van der Waals surface area contributed by atoms with E-state index in [0.29, 0.717) is 19.3 Å². The van der Waals surface area contributed by atoms with E-state index >= 15 is 0 Å². The molecular weight excluding hydrogens is 1120 g/mol. The van der Waals surface area contributed by atoms with Gasteiger partial charge in [-0.25, -0.2) is 9.13 Å². The van der Waals surface area contributed by atoms with Crippen LogP contribution >= 0.6 is 15.6 Å². The second-order valence-corrected chi connectivity index (χ2v) is 24.8. The molecule has 0 radical (unpaired) electrons. The highest BCUT2D eigenvalue weighted by Gasteiger charge is 2.29. The summed E-state index contributed by atoms with van der Waals surface area (Å²) in [6.45, 7) is 2.48. The topological polar surface area (TPSA) is 231 Å². The molecule has 0 saturated heterocycles. The summed E-state index contributed by atoms with van der Waals surface area (Å²) < 4.78 is 60.7. The summed E-state index contributed by atoms with van der Waals surface area (Å²) in [4.78, 5) is 58.1. The normalized spacial score (nSPS) is 14.9. The van der Waals surface area contributed by atoms with Crippen molar-refractivity contribution in [2.75, 3.05) is 39.6 Å². The number of ether oxygens (including phenoxy) is 3. The molecule has 0 aliphatic carbocycles. The van der Waals surface area contributed by atoms with Crippen molar-refractivity contribution >= 4 is 33.6 Å². The molecule has 85 heavy (non-hydrogen) atoms. The summed E-state index contributed by atoms with van der Waals surface area (Å²) >= 11 is 0. The Morgan fingerprint density at radius 1 is 0.341 bits per heavy atom. The Balaban J connectivity index is 4.50. The standard InChI is InChI=1S/C67H118O16P2/c1-4-7-10-13-16-19-22-24-25-26-27-28-29-30-31-32-33-34-35-37-40-41-44-47-50-53-65(70)77-56-62(68)57-79-84(73,74)80-58-63(69)59-81-85(75,76)82-61-64(83-67(72)55-52-49-46-43-38-21-18-15-12-9-6-3)60-78-66(71)54-51-48-45-42-39-36-23-20-17-14-11-8-5-2/h7,10,15-16,18-19,24-25,27-28,30-31,33-34,62-64,68-69H,4-6,8-9,11-14,17,20-23,26,29,32,35-61H2,1-3H3,(H,73,74)(H,75,76)/b10-7-,18-15-,19-16-,25-24-,28-27-,31-30-,34-33-. The zero-order valence-corrected chi connectivity index (χ0v) is 54.8. The fourth-order valence-corrected chi connectivity index (χ4v) is 10.1. The maximum atomic E-state index is 12.8. The van der Waals surface area contributed by atoms with Crippen LogP contribution in [0, 0.1) is 0 Å². The lowest BCUT2D eigenvalue weighted by Gasteiger charge is -2.21. The van der Waals surface area contributed by atoms with Crippen LogP contribution in [0.1, 0.15) is 265 Å². The van der Waals surface area contributed by atoms with Crippen LogP contribution in [0.2, 0.25) is 0 Å². The number of phosphoric acid groups is 2. The van der Waals surface area contributed by atoms with Gasteiger partial charge in [0.1, 0.15) is 25.4 Å². The lowest BCUT2D eigenvalue weighted by molar-refractivity contribution is -0.161. The first-order valence-electron chi connectivity index (χ1n) is 32.9. The Morgan fingerprint density at radius 3 is 1.04 bits per heavy atom. The third kappa shape index (κ3) is 62.1. The first kappa shape index (κ1) is 81.7. The fourth-order valence-electron chi connectivity index (χ4n) is 8.55. The van der Waals surface area contributed by atoms with Gasteiger partial charge in [0.15, 0.2) is 6.10 Å². The van der Waals surface area contributed by atoms with E-state index in [1.165, 1.54) is 70.6 Å². The van der Waals surface area contributed by atoms with Crippen molar-refractivity contribution in [3.8, 4) is 0 Å². The predicted molar refractivity (Wildman–Crippen MR) is 344 cm³/mol. The number of hydrogen-bond donors (Lipinski definition) is 4. The lowest BCUT2D eigenvalue weighted by Crippen LogP contribution is -2.30. The highest BCUT2D eigenvalue weighted by molar-refractivity contribution is 7.47. The monoisotopic (exact) mass is 1240 g/mol. The second kappa shape index (κ2) is 61.0. The van der Waals surface area contributed by atoms with Crippen LogP contribution in [0.25, 0.3) is 0 Å². The zero-order chi connectivity index (χ0) is 62.4. The third-order valence-corrected chi connectivity index (χ3v) is 15.5. The molecule has 0 aromatic carbocycles.